The summed E-state index contributed by atoms with van der Waals surface area (Å²) in [6, 6.07) is 8.83. The Labute approximate surface area is 201 Å². The van der Waals surface area contributed by atoms with E-state index in [4.69, 9.17) is 9.72 Å². The van der Waals surface area contributed by atoms with Crippen LogP contribution in [0.15, 0.2) is 30.3 Å². The minimum absolute atomic E-state index is 0.0881. The molecule has 0 unspecified atom stereocenters. The quantitative estimate of drug-likeness (QED) is 0.642. The average Bonchev–Trinajstić information content (AvgIpc) is 2.85. The number of nitrogens with zero attached hydrogens (tertiary/aromatic N) is 3. The molecule has 2 aromatic rings. The SMILES string of the molecule is CNC(=O)Nc1ccc(-c2nc(CS(=O)(=O)C3CCCCC3)cc(N3CCOC[C@@H]3C)n2)cc1. The largest absolute Gasteiger partial charge is 0.377 e. The highest BCUT2D eigenvalue weighted by atomic mass is 32.2. The molecule has 184 valence electrons. The number of urea groups is 1. The lowest BCUT2D eigenvalue weighted by Gasteiger charge is -2.34. The van der Waals surface area contributed by atoms with Crippen LogP contribution in [-0.2, 0) is 20.3 Å². The molecule has 1 atom stereocenters. The van der Waals surface area contributed by atoms with E-state index in [1.54, 1.807) is 19.2 Å². The zero-order valence-corrected chi connectivity index (χ0v) is 20.6. The van der Waals surface area contributed by atoms with Crippen LogP contribution in [0.2, 0.25) is 0 Å². The van der Waals surface area contributed by atoms with Gasteiger partial charge in [0, 0.05) is 30.9 Å². The molecule has 1 saturated carbocycles. The van der Waals surface area contributed by atoms with E-state index in [-0.39, 0.29) is 23.1 Å². The van der Waals surface area contributed by atoms with Gasteiger partial charge in [-0.1, -0.05) is 19.3 Å². The molecule has 9 nitrogen and oxygen atoms in total. The van der Waals surface area contributed by atoms with Gasteiger partial charge in [-0.15, -0.1) is 0 Å². The second kappa shape index (κ2) is 10.7. The van der Waals surface area contributed by atoms with E-state index in [1.165, 1.54) is 0 Å². The van der Waals surface area contributed by atoms with Crippen molar-refractivity contribution >= 4 is 27.4 Å². The molecule has 4 rings (SSSR count). The third-order valence-corrected chi connectivity index (χ3v) is 8.65. The fourth-order valence-corrected chi connectivity index (χ4v) is 6.39. The third kappa shape index (κ3) is 5.85. The number of ether oxygens (including phenoxy) is 1. The van der Waals surface area contributed by atoms with Gasteiger partial charge in [-0.25, -0.2) is 23.2 Å². The summed E-state index contributed by atoms with van der Waals surface area (Å²) in [4.78, 5) is 23.2. The number of hydrogen-bond acceptors (Lipinski definition) is 7. The van der Waals surface area contributed by atoms with Crippen LogP contribution >= 0.6 is 0 Å². The summed E-state index contributed by atoms with van der Waals surface area (Å²) in [5, 5.41) is 4.95. The summed E-state index contributed by atoms with van der Waals surface area (Å²) < 4.78 is 32.0. The van der Waals surface area contributed by atoms with Gasteiger partial charge in [-0.2, -0.15) is 0 Å². The van der Waals surface area contributed by atoms with E-state index in [2.05, 4.69) is 27.4 Å². The molecule has 1 aliphatic carbocycles. The molecule has 0 radical (unpaired) electrons. The Bertz CT molecular complexity index is 1100. The molecule has 2 N–H and O–H groups in total. The van der Waals surface area contributed by atoms with Gasteiger partial charge in [0.05, 0.1) is 36.0 Å². The molecule has 1 saturated heterocycles. The molecule has 2 amide bonds. The van der Waals surface area contributed by atoms with E-state index < -0.39 is 9.84 Å². The van der Waals surface area contributed by atoms with Crippen LogP contribution in [0, 0.1) is 0 Å². The predicted molar refractivity (Wildman–Crippen MR) is 133 cm³/mol. The smallest absolute Gasteiger partial charge is 0.318 e. The lowest BCUT2D eigenvalue weighted by Crippen LogP contribution is -2.44. The third-order valence-electron chi connectivity index (χ3n) is 6.46. The summed E-state index contributed by atoms with van der Waals surface area (Å²) in [5.41, 5.74) is 1.90. The van der Waals surface area contributed by atoms with Crippen molar-refractivity contribution in [1.29, 1.82) is 0 Å². The number of anilines is 2. The second-order valence-electron chi connectivity index (χ2n) is 9.01. The maximum Gasteiger partial charge on any atom is 0.318 e. The first-order chi connectivity index (χ1) is 16.4. The monoisotopic (exact) mass is 487 g/mol. The Morgan fingerprint density at radius 3 is 2.56 bits per heavy atom. The summed E-state index contributed by atoms with van der Waals surface area (Å²) in [7, 11) is -1.75. The predicted octanol–water partition coefficient (Wildman–Crippen LogP) is 3.37. The summed E-state index contributed by atoms with van der Waals surface area (Å²) in [6.45, 7) is 3.94. The summed E-state index contributed by atoms with van der Waals surface area (Å²) in [5.74, 6) is 1.09. The minimum Gasteiger partial charge on any atom is -0.377 e. The van der Waals surface area contributed by atoms with Gasteiger partial charge < -0.3 is 20.3 Å². The number of benzene rings is 1. The Balaban J connectivity index is 1.66. The Kier molecular flexibility index (Phi) is 7.67. The highest BCUT2D eigenvalue weighted by Gasteiger charge is 2.29. The lowest BCUT2D eigenvalue weighted by molar-refractivity contribution is 0.0985. The number of morpholine rings is 1. The highest BCUT2D eigenvalue weighted by molar-refractivity contribution is 7.91. The van der Waals surface area contributed by atoms with Gasteiger partial charge in [-0.05, 0) is 44.0 Å². The minimum atomic E-state index is -3.31. The van der Waals surface area contributed by atoms with Crippen LogP contribution in [0.4, 0.5) is 16.3 Å². The second-order valence-corrected chi connectivity index (χ2v) is 11.3. The van der Waals surface area contributed by atoms with Gasteiger partial charge in [0.2, 0.25) is 0 Å². The van der Waals surface area contributed by atoms with Crippen LogP contribution in [0.5, 0.6) is 0 Å². The lowest BCUT2D eigenvalue weighted by atomic mass is 10.0. The normalized spacial score (nSPS) is 19.6. The molecule has 2 heterocycles. The number of nitrogens with one attached hydrogen (secondary N) is 2. The van der Waals surface area contributed by atoms with Crippen LogP contribution < -0.4 is 15.5 Å². The molecule has 1 aromatic heterocycles. The highest BCUT2D eigenvalue weighted by Crippen LogP contribution is 2.29. The van der Waals surface area contributed by atoms with Crippen LogP contribution in [0.25, 0.3) is 11.4 Å². The zero-order valence-electron chi connectivity index (χ0n) is 19.8. The molecular formula is C24H33N5O4S. The van der Waals surface area contributed by atoms with Crippen molar-refractivity contribution in [3.05, 3.63) is 36.0 Å². The number of rotatable bonds is 6. The number of hydrogen-bond donors (Lipinski definition) is 2. The van der Waals surface area contributed by atoms with Crippen molar-refractivity contribution in [2.24, 2.45) is 0 Å². The summed E-state index contributed by atoms with van der Waals surface area (Å²) >= 11 is 0. The van der Waals surface area contributed by atoms with E-state index >= 15 is 0 Å². The van der Waals surface area contributed by atoms with Crippen LogP contribution in [0.3, 0.4) is 0 Å². The van der Waals surface area contributed by atoms with Gasteiger partial charge >= 0.3 is 6.03 Å². The van der Waals surface area contributed by atoms with Crippen molar-refractivity contribution in [3.63, 3.8) is 0 Å². The van der Waals surface area contributed by atoms with Gasteiger partial charge in [-0.3, -0.25) is 0 Å². The molecule has 1 aromatic carbocycles. The molecule has 34 heavy (non-hydrogen) atoms. The molecule has 0 bridgehead atoms. The van der Waals surface area contributed by atoms with E-state index in [1.807, 2.05) is 18.2 Å². The fourth-order valence-electron chi connectivity index (χ4n) is 4.55. The summed E-state index contributed by atoms with van der Waals surface area (Å²) in [6.07, 6.45) is 4.49. The number of carbonyl (C=O) groups excluding carboxylic acids is 1. The molecular weight excluding hydrogens is 454 g/mol. The number of aromatic nitrogens is 2. The van der Waals surface area contributed by atoms with Crippen molar-refractivity contribution in [3.8, 4) is 11.4 Å². The van der Waals surface area contributed by atoms with Gasteiger partial charge in [0.25, 0.3) is 0 Å². The first-order valence-corrected chi connectivity index (χ1v) is 13.6. The molecule has 2 aliphatic rings. The first-order valence-electron chi connectivity index (χ1n) is 11.9. The standard InChI is InChI=1S/C24H33N5O4S/c1-17-15-33-13-12-29(17)22-14-20(16-34(31,32)21-6-4-3-5-7-21)26-23(28-22)18-8-10-19(11-9-18)27-24(30)25-2/h8-11,14,17,21H,3-7,12-13,15-16H2,1-2H3,(H2,25,27,30)/t17-/m0/s1. The zero-order chi connectivity index (χ0) is 24.1. The molecule has 0 spiro atoms. The molecule has 1 aliphatic heterocycles. The first kappa shape index (κ1) is 24.4. The van der Waals surface area contributed by atoms with E-state index in [0.717, 1.165) is 37.7 Å². The fraction of sp³-hybridized carbons (Fsp3) is 0.542. The number of sulfone groups is 1. The number of carbonyl (C=O) groups is 1. The van der Waals surface area contributed by atoms with Crippen LogP contribution in [-0.4, -0.2) is 62.5 Å². The number of amides is 2. The Morgan fingerprint density at radius 1 is 1.15 bits per heavy atom. The Morgan fingerprint density at radius 2 is 1.88 bits per heavy atom. The topological polar surface area (TPSA) is 114 Å². The van der Waals surface area contributed by atoms with E-state index in [0.29, 0.717) is 42.8 Å². The molecule has 10 heteroatoms. The maximum absolute atomic E-state index is 13.2. The molecule has 2 fully saturated rings. The van der Waals surface area contributed by atoms with Gasteiger partial charge in [0.15, 0.2) is 15.7 Å². The van der Waals surface area contributed by atoms with Crippen molar-refractivity contribution in [1.82, 2.24) is 15.3 Å². The van der Waals surface area contributed by atoms with Gasteiger partial charge in [0.1, 0.15) is 5.82 Å². The van der Waals surface area contributed by atoms with Crippen LogP contribution in [0.1, 0.15) is 44.7 Å². The Hall–Kier alpha value is -2.72. The van der Waals surface area contributed by atoms with Crippen molar-refractivity contribution < 1.29 is 17.9 Å². The van der Waals surface area contributed by atoms with E-state index in [9.17, 15) is 13.2 Å². The maximum atomic E-state index is 13.2. The van der Waals surface area contributed by atoms with Crippen molar-refractivity contribution in [2.45, 2.75) is 56.1 Å². The average molecular weight is 488 g/mol. The van der Waals surface area contributed by atoms with Crippen molar-refractivity contribution in [2.75, 3.05) is 37.0 Å².